The molecule has 0 radical (unpaired) electrons. The van der Waals surface area contributed by atoms with Crippen LogP contribution in [0.3, 0.4) is 0 Å². The summed E-state index contributed by atoms with van der Waals surface area (Å²) >= 11 is 7.46. The predicted octanol–water partition coefficient (Wildman–Crippen LogP) is 4.67. The molecular weight excluding hydrogens is 332 g/mol. The van der Waals surface area contributed by atoms with E-state index in [4.69, 9.17) is 16.3 Å². The number of carbonyl (C=O) groups excluding carboxylic acids is 1. The van der Waals surface area contributed by atoms with Crippen LogP contribution in [0.1, 0.15) is 12.0 Å². The maximum absolute atomic E-state index is 12.0. The summed E-state index contributed by atoms with van der Waals surface area (Å²) in [5.41, 5.74) is 1.87. The molecule has 4 nitrogen and oxygen atoms in total. The molecule has 2 aromatic carbocycles. The average Bonchev–Trinajstić information content (AvgIpc) is 2.91. The smallest absolute Gasteiger partial charge is 0.229 e. The maximum Gasteiger partial charge on any atom is 0.229 e. The van der Waals surface area contributed by atoms with Gasteiger partial charge in [-0.25, -0.2) is 4.98 Å². The van der Waals surface area contributed by atoms with E-state index in [1.54, 1.807) is 0 Å². The van der Waals surface area contributed by atoms with Gasteiger partial charge in [0.2, 0.25) is 5.91 Å². The van der Waals surface area contributed by atoms with E-state index in [2.05, 4.69) is 10.3 Å². The summed E-state index contributed by atoms with van der Waals surface area (Å²) < 4.78 is 6.48. The molecule has 1 aromatic heterocycles. The van der Waals surface area contributed by atoms with Gasteiger partial charge >= 0.3 is 0 Å². The first-order chi connectivity index (χ1) is 11.1. The SMILES string of the molecule is Cc1cc(Cl)cc2sc(NC(=O)CCOc3ccccc3)nc12. The number of halogens is 1. The Balaban J connectivity index is 1.58. The second kappa shape index (κ2) is 6.98. The molecule has 3 rings (SSSR count). The van der Waals surface area contributed by atoms with E-state index in [0.29, 0.717) is 16.8 Å². The van der Waals surface area contributed by atoms with Gasteiger partial charge in [0, 0.05) is 5.02 Å². The van der Waals surface area contributed by atoms with Crippen LogP contribution in [0.15, 0.2) is 42.5 Å². The number of anilines is 1. The van der Waals surface area contributed by atoms with Crippen LogP contribution in [-0.2, 0) is 4.79 Å². The molecule has 0 saturated heterocycles. The van der Waals surface area contributed by atoms with Gasteiger partial charge in [-0.2, -0.15) is 0 Å². The molecule has 23 heavy (non-hydrogen) atoms. The summed E-state index contributed by atoms with van der Waals surface area (Å²) in [6.45, 7) is 2.28. The number of thiazole rings is 1. The van der Waals surface area contributed by atoms with Crippen molar-refractivity contribution in [3.05, 3.63) is 53.1 Å². The number of amides is 1. The molecule has 6 heteroatoms. The normalized spacial score (nSPS) is 10.7. The molecule has 1 amide bonds. The van der Waals surface area contributed by atoms with E-state index in [9.17, 15) is 4.79 Å². The molecule has 118 valence electrons. The highest BCUT2D eigenvalue weighted by atomic mass is 35.5. The molecular formula is C17H15ClN2O2S. The molecule has 0 atom stereocenters. The summed E-state index contributed by atoms with van der Waals surface area (Å²) in [7, 11) is 0. The van der Waals surface area contributed by atoms with Crippen LogP contribution < -0.4 is 10.1 Å². The van der Waals surface area contributed by atoms with E-state index >= 15 is 0 Å². The van der Waals surface area contributed by atoms with Crippen LogP contribution in [0.4, 0.5) is 5.13 Å². The van der Waals surface area contributed by atoms with Crippen molar-refractivity contribution in [2.24, 2.45) is 0 Å². The molecule has 0 fully saturated rings. The second-order valence-corrected chi connectivity index (χ2v) is 6.52. The minimum atomic E-state index is -0.122. The standard InChI is InChI=1S/C17H15ClN2O2S/c1-11-9-12(18)10-14-16(11)20-17(23-14)19-15(21)7-8-22-13-5-3-2-4-6-13/h2-6,9-10H,7-8H2,1H3,(H,19,20,21). The number of aryl methyl sites for hydroxylation is 1. The maximum atomic E-state index is 12.0. The average molecular weight is 347 g/mol. The fraction of sp³-hybridized carbons (Fsp3) is 0.176. The number of hydrogen-bond acceptors (Lipinski definition) is 4. The highest BCUT2D eigenvalue weighted by Gasteiger charge is 2.10. The Hall–Kier alpha value is -2.11. The molecule has 0 saturated carbocycles. The van der Waals surface area contributed by atoms with Gasteiger partial charge < -0.3 is 10.1 Å². The van der Waals surface area contributed by atoms with Crippen molar-refractivity contribution in [1.29, 1.82) is 0 Å². The second-order valence-electron chi connectivity index (χ2n) is 5.05. The fourth-order valence-electron chi connectivity index (χ4n) is 2.17. The number of aromatic nitrogens is 1. The summed E-state index contributed by atoms with van der Waals surface area (Å²) in [4.78, 5) is 16.4. The minimum Gasteiger partial charge on any atom is -0.493 e. The van der Waals surface area contributed by atoms with Crippen molar-refractivity contribution in [1.82, 2.24) is 4.98 Å². The lowest BCUT2D eigenvalue weighted by molar-refractivity contribution is -0.116. The zero-order chi connectivity index (χ0) is 16.2. The third-order valence-electron chi connectivity index (χ3n) is 3.24. The summed E-state index contributed by atoms with van der Waals surface area (Å²) in [6, 6.07) is 13.1. The Kier molecular flexibility index (Phi) is 4.79. The van der Waals surface area contributed by atoms with Gasteiger partial charge in [-0.15, -0.1) is 0 Å². The number of ether oxygens (including phenoxy) is 1. The first kappa shape index (κ1) is 15.8. The first-order valence-electron chi connectivity index (χ1n) is 7.16. The minimum absolute atomic E-state index is 0.122. The number of carbonyl (C=O) groups is 1. The van der Waals surface area contributed by atoms with Crippen molar-refractivity contribution < 1.29 is 9.53 Å². The Labute approximate surface area is 143 Å². The highest BCUT2D eigenvalue weighted by molar-refractivity contribution is 7.22. The van der Waals surface area contributed by atoms with Crippen LogP contribution in [-0.4, -0.2) is 17.5 Å². The number of para-hydroxylation sites is 1. The Morgan fingerprint density at radius 2 is 2.09 bits per heavy atom. The molecule has 1 N–H and O–H groups in total. The first-order valence-corrected chi connectivity index (χ1v) is 8.35. The molecule has 0 unspecified atom stereocenters. The number of fused-ring (bicyclic) bond motifs is 1. The van der Waals surface area contributed by atoms with Crippen LogP contribution in [0.2, 0.25) is 5.02 Å². The third kappa shape index (κ3) is 4.00. The van der Waals surface area contributed by atoms with Crippen molar-refractivity contribution in [3.8, 4) is 5.75 Å². The zero-order valence-electron chi connectivity index (χ0n) is 12.5. The van der Waals surface area contributed by atoms with Crippen molar-refractivity contribution in [2.45, 2.75) is 13.3 Å². The van der Waals surface area contributed by atoms with E-state index in [1.165, 1.54) is 11.3 Å². The van der Waals surface area contributed by atoms with E-state index in [-0.39, 0.29) is 12.3 Å². The zero-order valence-corrected chi connectivity index (χ0v) is 14.1. The van der Waals surface area contributed by atoms with E-state index in [1.807, 2.05) is 49.4 Å². The van der Waals surface area contributed by atoms with Gasteiger partial charge in [0.15, 0.2) is 5.13 Å². The van der Waals surface area contributed by atoms with Gasteiger partial charge in [0.05, 0.1) is 23.2 Å². The van der Waals surface area contributed by atoms with Crippen molar-refractivity contribution in [3.63, 3.8) is 0 Å². The van der Waals surface area contributed by atoms with Gasteiger partial charge in [0.25, 0.3) is 0 Å². The van der Waals surface area contributed by atoms with Crippen LogP contribution in [0, 0.1) is 6.92 Å². The molecule has 0 aliphatic heterocycles. The monoisotopic (exact) mass is 346 g/mol. The number of rotatable bonds is 5. The van der Waals surface area contributed by atoms with Crippen LogP contribution >= 0.6 is 22.9 Å². The Morgan fingerprint density at radius 3 is 2.87 bits per heavy atom. The van der Waals surface area contributed by atoms with E-state index in [0.717, 1.165) is 21.5 Å². The lowest BCUT2D eigenvalue weighted by Gasteiger charge is -2.05. The number of nitrogens with one attached hydrogen (secondary N) is 1. The molecule has 0 aliphatic rings. The summed E-state index contributed by atoms with van der Waals surface area (Å²) in [5.74, 6) is 0.634. The Morgan fingerprint density at radius 1 is 1.30 bits per heavy atom. The van der Waals surface area contributed by atoms with Crippen LogP contribution in [0.25, 0.3) is 10.2 Å². The summed E-state index contributed by atoms with van der Waals surface area (Å²) in [6.07, 6.45) is 0.268. The molecule has 0 aliphatic carbocycles. The summed E-state index contributed by atoms with van der Waals surface area (Å²) in [5, 5.41) is 4.06. The third-order valence-corrected chi connectivity index (χ3v) is 4.37. The molecule has 1 heterocycles. The quantitative estimate of drug-likeness (QED) is 0.730. The number of nitrogens with zero attached hydrogens (tertiary/aromatic N) is 1. The highest BCUT2D eigenvalue weighted by Crippen LogP contribution is 2.30. The molecule has 3 aromatic rings. The predicted molar refractivity (Wildman–Crippen MR) is 94.6 cm³/mol. The largest absolute Gasteiger partial charge is 0.493 e. The van der Waals surface area contributed by atoms with Gasteiger partial charge in [0.1, 0.15) is 5.75 Å². The van der Waals surface area contributed by atoms with Gasteiger partial charge in [-0.05, 0) is 36.8 Å². The van der Waals surface area contributed by atoms with Crippen molar-refractivity contribution >= 4 is 44.2 Å². The van der Waals surface area contributed by atoms with Gasteiger partial charge in [-0.1, -0.05) is 41.1 Å². The number of hydrogen-bond donors (Lipinski definition) is 1. The molecule has 0 bridgehead atoms. The van der Waals surface area contributed by atoms with Crippen molar-refractivity contribution in [2.75, 3.05) is 11.9 Å². The van der Waals surface area contributed by atoms with Crippen LogP contribution in [0.5, 0.6) is 5.75 Å². The number of benzene rings is 2. The Bertz CT molecular complexity index is 833. The lowest BCUT2D eigenvalue weighted by Crippen LogP contribution is -2.15. The van der Waals surface area contributed by atoms with Gasteiger partial charge in [-0.3, -0.25) is 4.79 Å². The van der Waals surface area contributed by atoms with E-state index < -0.39 is 0 Å². The topological polar surface area (TPSA) is 51.2 Å². The lowest BCUT2D eigenvalue weighted by atomic mass is 10.2. The fourth-order valence-corrected chi connectivity index (χ4v) is 3.50. The molecule has 0 spiro atoms.